The maximum atomic E-state index is 13.0. The van der Waals surface area contributed by atoms with Gasteiger partial charge in [0.2, 0.25) is 5.91 Å². The number of amides is 2. The Labute approximate surface area is 203 Å². The summed E-state index contributed by atoms with van der Waals surface area (Å²) in [5.41, 5.74) is 4.52. The molecule has 9 nitrogen and oxygen atoms in total. The summed E-state index contributed by atoms with van der Waals surface area (Å²) in [5.74, 6) is 0.366. The topological polar surface area (TPSA) is 108 Å². The van der Waals surface area contributed by atoms with Crippen LogP contribution in [0.5, 0.6) is 11.5 Å². The molecule has 0 saturated carbocycles. The van der Waals surface area contributed by atoms with Crippen molar-refractivity contribution in [1.29, 1.82) is 0 Å². The number of nitrogens with one attached hydrogen (secondary N) is 2. The first kappa shape index (κ1) is 23.9. The number of anilines is 1. The molecular weight excluding hydrogens is 450 g/mol. The highest BCUT2D eigenvalue weighted by Crippen LogP contribution is 2.33. The second-order valence-electron chi connectivity index (χ2n) is 8.13. The molecule has 0 atom stereocenters. The summed E-state index contributed by atoms with van der Waals surface area (Å²) in [6, 6.07) is 14.6. The number of hydrogen-bond acceptors (Lipinski definition) is 6. The molecule has 2 heterocycles. The van der Waals surface area contributed by atoms with Gasteiger partial charge in [-0.2, -0.15) is 0 Å². The van der Waals surface area contributed by atoms with Crippen LogP contribution in [0, 0.1) is 13.8 Å². The van der Waals surface area contributed by atoms with E-state index < -0.39 is 5.97 Å². The average Bonchev–Trinajstić information content (AvgIpc) is 3.17. The van der Waals surface area contributed by atoms with Crippen LogP contribution in [0.3, 0.4) is 0 Å². The van der Waals surface area contributed by atoms with Crippen LogP contribution in [0.2, 0.25) is 0 Å². The van der Waals surface area contributed by atoms with Gasteiger partial charge in [0.1, 0.15) is 19.8 Å². The number of aryl methyl sites for hydroxylation is 1. The molecule has 0 aliphatic carbocycles. The quantitative estimate of drug-likeness (QED) is 0.507. The Morgan fingerprint density at radius 3 is 2.40 bits per heavy atom. The predicted octanol–water partition coefficient (Wildman–Crippen LogP) is 2.95. The number of rotatable bonds is 7. The number of carbonyl (C=O) groups is 3. The molecule has 0 bridgehead atoms. The monoisotopic (exact) mass is 477 g/mol. The lowest BCUT2D eigenvalue weighted by Crippen LogP contribution is -2.31. The zero-order chi connectivity index (χ0) is 24.9. The van der Waals surface area contributed by atoms with Crippen molar-refractivity contribution < 1.29 is 28.6 Å². The van der Waals surface area contributed by atoms with Gasteiger partial charge in [-0.05, 0) is 49.7 Å². The fraction of sp³-hybridized carbons (Fsp3) is 0.269. The van der Waals surface area contributed by atoms with Crippen LogP contribution in [0.4, 0.5) is 5.69 Å². The van der Waals surface area contributed by atoms with Gasteiger partial charge < -0.3 is 29.4 Å². The third-order valence-electron chi connectivity index (χ3n) is 5.69. The van der Waals surface area contributed by atoms with Crippen LogP contribution in [-0.2, 0) is 20.7 Å². The van der Waals surface area contributed by atoms with E-state index in [1.54, 1.807) is 24.3 Å². The average molecular weight is 478 g/mol. The van der Waals surface area contributed by atoms with Crippen molar-refractivity contribution in [2.75, 3.05) is 32.2 Å². The second-order valence-corrected chi connectivity index (χ2v) is 8.13. The third kappa shape index (κ3) is 5.46. The minimum atomic E-state index is -0.509. The Morgan fingerprint density at radius 1 is 0.971 bits per heavy atom. The van der Waals surface area contributed by atoms with Gasteiger partial charge in [0.15, 0.2) is 11.5 Å². The largest absolute Gasteiger partial charge is 0.486 e. The normalized spacial score (nSPS) is 12.1. The van der Waals surface area contributed by atoms with Crippen molar-refractivity contribution in [1.82, 2.24) is 9.88 Å². The summed E-state index contributed by atoms with van der Waals surface area (Å²) in [6.07, 6.45) is 0.113. The Kier molecular flexibility index (Phi) is 7.05. The standard InChI is InChI=1S/C26H27N3O6/c1-16-12-21(17(2)29(16)20-8-9-22-23(14-20)35-11-10-34-22)26(32)28-19-6-4-18(5-7-19)13-24(30)27-15-25(31)33-3/h4-9,12,14H,10-11,13,15H2,1-3H3,(H,27,30)(H,28,32). The van der Waals surface area contributed by atoms with Crippen LogP contribution < -0.4 is 20.1 Å². The summed E-state index contributed by atoms with van der Waals surface area (Å²) in [4.78, 5) is 36.1. The van der Waals surface area contributed by atoms with Crippen LogP contribution >= 0.6 is 0 Å². The molecule has 2 aromatic carbocycles. The minimum Gasteiger partial charge on any atom is -0.486 e. The number of hydrogen-bond donors (Lipinski definition) is 2. The molecule has 182 valence electrons. The molecule has 1 aliphatic rings. The van der Waals surface area contributed by atoms with Crippen molar-refractivity contribution in [3.63, 3.8) is 0 Å². The number of nitrogens with zero attached hydrogens (tertiary/aromatic N) is 1. The summed E-state index contributed by atoms with van der Waals surface area (Å²) in [7, 11) is 1.26. The Morgan fingerprint density at radius 2 is 1.69 bits per heavy atom. The molecule has 2 amide bonds. The summed E-state index contributed by atoms with van der Waals surface area (Å²) < 4.78 is 17.8. The van der Waals surface area contributed by atoms with Gasteiger partial charge in [-0.15, -0.1) is 0 Å². The summed E-state index contributed by atoms with van der Waals surface area (Å²) in [6.45, 7) is 4.70. The molecule has 4 rings (SSSR count). The van der Waals surface area contributed by atoms with Gasteiger partial charge >= 0.3 is 5.97 Å². The van der Waals surface area contributed by atoms with E-state index in [2.05, 4.69) is 15.4 Å². The lowest BCUT2D eigenvalue weighted by molar-refractivity contribution is -0.141. The molecule has 0 spiro atoms. The molecule has 1 aromatic heterocycles. The summed E-state index contributed by atoms with van der Waals surface area (Å²) in [5, 5.41) is 5.40. The fourth-order valence-corrected chi connectivity index (χ4v) is 3.96. The first-order valence-electron chi connectivity index (χ1n) is 11.2. The van der Waals surface area contributed by atoms with Gasteiger partial charge in [0, 0.05) is 28.8 Å². The maximum absolute atomic E-state index is 13.0. The van der Waals surface area contributed by atoms with Crippen molar-refractivity contribution in [2.24, 2.45) is 0 Å². The Bertz CT molecular complexity index is 1260. The molecule has 9 heteroatoms. The number of fused-ring (bicyclic) bond motifs is 1. The number of esters is 1. The van der Waals surface area contributed by atoms with Gasteiger partial charge in [-0.1, -0.05) is 12.1 Å². The van der Waals surface area contributed by atoms with E-state index in [0.717, 1.165) is 22.6 Å². The zero-order valence-electron chi connectivity index (χ0n) is 19.8. The molecule has 0 unspecified atom stereocenters. The van der Waals surface area contributed by atoms with E-state index in [1.807, 2.05) is 42.7 Å². The molecular formula is C26H27N3O6. The molecule has 35 heavy (non-hydrogen) atoms. The van der Waals surface area contributed by atoms with E-state index in [9.17, 15) is 14.4 Å². The molecule has 1 aliphatic heterocycles. The van der Waals surface area contributed by atoms with Crippen molar-refractivity contribution in [2.45, 2.75) is 20.3 Å². The lowest BCUT2D eigenvalue weighted by atomic mass is 10.1. The van der Waals surface area contributed by atoms with E-state index >= 15 is 0 Å². The van der Waals surface area contributed by atoms with Crippen LogP contribution in [0.1, 0.15) is 27.3 Å². The van der Waals surface area contributed by atoms with Crippen molar-refractivity contribution in [3.05, 3.63) is 71.0 Å². The maximum Gasteiger partial charge on any atom is 0.325 e. The number of methoxy groups -OCH3 is 1. The number of aromatic nitrogens is 1. The fourth-order valence-electron chi connectivity index (χ4n) is 3.96. The molecule has 2 N–H and O–H groups in total. The lowest BCUT2D eigenvalue weighted by Gasteiger charge is -2.20. The first-order valence-corrected chi connectivity index (χ1v) is 11.2. The smallest absolute Gasteiger partial charge is 0.325 e. The predicted molar refractivity (Wildman–Crippen MR) is 129 cm³/mol. The van der Waals surface area contributed by atoms with E-state index in [0.29, 0.717) is 36.0 Å². The third-order valence-corrected chi connectivity index (χ3v) is 5.69. The van der Waals surface area contributed by atoms with Crippen molar-refractivity contribution in [3.8, 4) is 17.2 Å². The van der Waals surface area contributed by atoms with Gasteiger partial charge in [-0.3, -0.25) is 14.4 Å². The molecule has 0 fully saturated rings. The number of carbonyl (C=O) groups excluding carboxylic acids is 3. The van der Waals surface area contributed by atoms with Crippen LogP contribution in [0.15, 0.2) is 48.5 Å². The zero-order valence-corrected chi connectivity index (χ0v) is 19.8. The van der Waals surface area contributed by atoms with Gasteiger partial charge in [-0.25, -0.2) is 0 Å². The van der Waals surface area contributed by atoms with E-state index in [4.69, 9.17) is 9.47 Å². The molecule has 0 radical (unpaired) electrons. The second kappa shape index (κ2) is 10.3. The highest BCUT2D eigenvalue weighted by atomic mass is 16.6. The van der Waals surface area contributed by atoms with Crippen LogP contribution in [-0.4, -0.2) is 49.2 Å². The number of ether oxygens (including phenoxy) is 3. The van der Waals surface area contributed by atoms with E-state index in [1.165, 1.54) is 7.11 Å². The number of benzene rings is 2. The Balaban J connectivity index is 1.43. The SMILES string of the molecule is COC(=O)CNC(=O)Cc1ccc(NC(=O)c2cc(C)n(-c3ccc4c(c3)OCCO4)c2C)cc1. The van der Waals surface area contributed by atoms with Crippen LogP contribution in [0.25, 0.3) is 5.69 Å². The highest BCUT2D eigenvalue weighted by Gasteiger charge is 2.19. The molecule has 3 aromatic rings. The van der Waals surface area contributed by atoms with E-state index in [-0.39, 0.29) is 24.8 Å². The Hall–Kier alpha value is -4.27. The minimum absolute atomic E-state index is 0.113. The van der Waals surface area contributed by atoms with Gasteiger partial charge in [0.25, 0.3) is 5.91 Å². The van der Waals surface area contributed by atoms with Gasteiger partial charge in [0.05, 0.1) is 19.1 Å². The summed E-state index contributed by atoms with van der Waals surface area (Å²) >= 11 is 0. The molecule has 0 saturated heterocycles. The highest BCUT2D eigenvalue weighted by molar-refractivity contribution is 6.05. The first-order chi connectivity index (χ1) is 16.9. The van der Waals surface area contributed by atoms with Crippen molar-refractivity contribution >= 4 is 23.5 Å².